The third kappa shape index (κ3) is 2.34. The number of nitrogens with zero attached hydrogens (tertiary/aromatic N) is 1. The Morgan fingerprint density at radius 3 is 2.83 bits per heavy atom. The van der Waals surface area contributed by atoms with Crippen LogP contribution in [0.25, 0.3) is 0 Å². The molecule has 5 unspecified atom stereocenters. The van der Waals surface area contributed by atoms with Gasteiger partial charge >= 0.3 is 0 Å². The molecule has 0 aromatic rings. The molecule has 5 atom stereocenters. The third-order valence-corrected chi connectivity index (χ3v) is 6.72. The van der Waals surface area contributed by atoms with Crippen LogP contribution in [0.5, 0.6) is 0 Å². The van der Waals surface area contributed by atoms with Gasteiger partial charge in [0.05, 0.1) is 17.1 Å². The number of rotatable bonds is 2. The average Bonchev–Trinajstić information content (AvgIpc) is 2.58. The zero-order valence-corrected chi connectivity index (χ0v) is 14.7. The predicted octanol–water partition coefficient (Wildman–Crippen LogP) is 4.33. The SMILES string of the molecule is C#CC12C=C(C#N)C(=O)C=C1C1(C)CCC(OSF)C(C)C1CC2. The van der Waals surface area contributed by atoms with Crippen molar-refractivity contribution in [2.75, 3.05) is 0 Å². The molecule has 126 valence electrons. The Balaban J connectivity index is 2.04. The molecular weight excluding hydrogens is 325 g/mol. The highest BCUT2D eigenvalue weighted by molar-refractivity contribution is 7.89. The van der Waals surface area contributed by atoms with E-state index in [0.29, 0.717) is 6.42 Å². The van der Waals surface area contributed by atoms with Crippen LogP contribution in [0.3, 0.4) is 0 Å². The lowest BCUT2D eigenvalue weighted by Crippen LogP contribution is -2.51. The molecule has 3 aliphatic rings. The van der Waals surface area contributed by atoms with Crippen LogP contribution in [0.1, 0.15) is 39.5 Å². The van der Waals surface area contributed by atoms with E-state index < -0.39 is 5.41 Å². The number of nitriles is 1. The van der Waals surface area contributed by atoms with Crippen LogP contribution in [0.2, 0.25) is 0 Å². The number of hydrogen-bond donors (Lipinski definition) is 0. The van der Waals surface area contributed by atoms with Gasteiger partial charge in [-0.05, 0) is 60.7 Å². The zero-order valence-electron chi connectivity index (χ0n) is 13.8. The molecule has 2 saturated carbocycles. The van der Waals surface area contributed by atoms with Crippen LogP contribution in [-0.2, 0) is 8.98 Å². The van der Waals surface area contributed by atoms with Crippen molar-refractivity contribution in [3.05, 3.63) is 23.3 Å². The van der Waals surface area contributed by atoms with Crippen LogP contribution >= 0.6 is 12.4 Å². The molecule has 0 aromatic heterocycles. The first-order valence-corrected chi connectivity index (χ1v) is 8.88. The van der Waals surface area contributed by atoms with Gasteiger partial charge in [-0.25, -0.2) is 0 Å². The molecule has 0 heterocycles. The molecule has 5 heteroatoms. The standard InChI is InChI=1S/C19H20FNO2S/c1-4-19-8-5-14-12(2)16(23-24-20)6-7-18(14,3)17(19)9-15(22)13(10-19)11-21/h1,9-10,12,14,16H,5-8H2,2-3H3. The average molecular weight is 345 g/mol. The first-order valence-electron chi connectivity index (χ1n) is 8.23. The summed E-state index contributed by atoms with van der Waals surface area (Å²) in [5.41, 5.74) is 0.221. The van der Waals surface area contributed by atoms with E-state index in [4.69, 9.17) is 10.6 Å². The highest BCUT2D eigenvalue weighted by atomic mass is 32.2. The second-order valence-corrected chi connectivity index (χ2v) is 7.68. The summed E-state index contributed by atoms with van der Waals surface area (Å²) in [6, 6.07) is 1.97. The van der Waals surface area contributed by atoms with E-state index in [2.05, 4.69) is 19.8 Å². The molecule has 0 radical (unpaired) electrons. The van der Waals surface area contributed by atoms with Crippen LogP contribution in [0.15, 0.2) is 23.3 Å². The van der Waals surface area contributed by atoms with E-state index in [9.17, 15) is 13.9 Å². The molecule has 3 aliphatic carbocycles. The number of carbonyl (C=O) groups is 1. The fraction of sp³-hybridized carbons (Fsp3) is 0.579. The van der Waals surface area contributed by atoms with Crippen LogP contribution in [0.4, 0.5) is 3.89 Å². The Bertz CT molecular complexity index is 716. The van der Waals surface area contributed by atoms with E-state index in [-0.39, 0.29) is 47.1 Å². The van der Waals surface area contributed by atoms with E-state index in [1.807, 2.05) is 6.07 Å². The monoisotopic (exact) mass is 345 g/mol. The van der Waals surface area contributed by atoms with E-state index in [1.165, 1.54) is 0 Å². The number of fused-ring (bicyclic) bond motifs is 3. The normalized spacial score (nSPS) is 41.2. The number of halogens is 1. The summed E-state index contributed by atoms with van der Waals surface area (Å²) in [5.74, 6) is 3.07. The Kier molecular flexibility index (Phi) is 4.36. The molecule has 0 aromatic carbocycles. The molecule has 3 rings (SSSR count). The van der Waals surface area contributed by atoms with E-state index >= 15 is 0 Å². The maximum absolute atomic E-state index is 12.6. The van der Waals surface area contributed by atoms with Crippen molar-refractivity contribution in [2.24, 2.45) is 22.7 Å². The van der Waals surface area contributed by atoms with E-state index in [0.717, 1.165) is 24.8 Å². The van der Waals surface area contributed by atoms with Crippen molar-refractivity contribution in [2.45, 2.75) is 45.6 Å². The number of terminal acetylenes is 1. The number of carbonyl (C=O) groups excluding carboxylic acids is 1. The van der Waals surface area contributed by atoms with Crippen LogP contribution in [-0.4, -0.2) is 11.9 Å². The smallest absolute Gasteiger partial charge is 0.208 e. The van der Waals surface area contributed by atoms with Crippen molar-refractivity contribution < 1.29 is 12.9 Å². The molecule has 0 spiro atoms. The number of hydrogen-bond acceptors (Lipinski definition) is 4. The Morgan fingerprint density at radius 1 is 1.46 bits per heavy atom. The highest BCUT2D eigenvalue weighted by Gasteiger charge is 2.56. The molecule has 2 fully saturated rings. The van der Waals surface area contributed by atoms with Crippen LogP contribution < -0.4 is 0 Å². The second-order valence-electron chi connectivity index (χ2n) is 7.37. The topological polar surface area (TPSA) is 50.1 Å². The summed E-state index contributed by atoms with van der Waals surface area (Å²) >= 11 is -0.0663. The maximum Gasteiger partial charge on any atom is 0.208 e. The van der Waals surface area contributed by atoms with Gasteiger partial charge in [-0.3, -0.25) is 8.98 Å². The van der Waals surface area contributed by atoms with Crippen molar-refractivity contribution in [3.63, 3.8) is 0 Å². The van der Waals surface area contributed by atoms with Crippen molar-refractivity contribution in [1.29, 1.82) is 5.26 Å². The summed E-state index contributed by atoms with van der Waals surface area (Å²) in [6.45, 7) is 4.25. The summed E-state index contributed by atoms with van der Waals surface area (Å²) in [4.78, 5) is 12.3. The van der Waals surface area contributed by atoms with Gasteiger partial charge in [-0.2, -0.15) is 5.26 Å². The lowest BCUT2D eigenvalue weighted by molar-refractivity contribution is -0.111. The fourth-order valence-corrected chi connectivity index (χ4v) is 5.47. The first-order chi connectivity index (χ1) is 11.4. The largest absolute Gasteiger partial charge is 0.288 e. The molecule has 24 heavy (non-hydrogen) atoms. The Morgan fingerprint density at radius 2 is 2.21 bits per heavy atom. The molecule has 0 saturated heterocycles. The summed E-state index contributed by atoms with van der Waals surface area (Å²) in [7, 11) is 0. The second kappa shape index (κ2) is 6.06. The lowest BCUT2D eigenvalue weighted by atomic mass is 9.47. The minimum absolute atomic E-state index is 0.0663. The Labute approximate surface area is 146 Å². The van der Waals surface area contributed by atoms with Crippen molar-refractivity contribution >= 4 is 18.2 Å². The van der Waals surface area contributed by atoms with Gasteiger partial charge in [0.1, 0.15) is 6.07 Å². The van der Waals surface area contributed by atoms with Crippen molar-refractivity contribution in [1.82, 2.24) is 0 Å². The van der Waals surface area contributed by atoms with Gasteiger partial charge in [-0.15, -0.1) is 10.3 Å². The molecular formula is C19H20FNO2S. The predicted molar refractivity (Wildman–Crippen MR) is 90.9 cm³/mol. The quantitative estimate of drug-likeness (QED) is 0.552. The van der Waals surface area contributed by atoms with Crippen LogP contribution in [0, 0.1) is 46.3 Å². The van der Waals surface area contributed by atoms with Gasteiger partial charge in [0.15, 0.2) is 5.78 Å². The molecule has 0 aliphatic heterocycles. The first kappa shape index (κ1) is 17.3. The van der Waals surface area contributed by atoms with Gasteiger partial charge in [-0.1, -0.05) is 19.8 Å². The number of allylic oxidation sites excluding steroid dienone is 4. The van der Waals surface area contributed by atoms with E-state index in [1.54, 1.807) is 12.2 Å². The third-order valence-electron chi connectivity index (χ3n) is 6.40. The highest BCUT2D eigenvalue weighted by Crippen LogP contribution is 2.62. The molecule has 0 N–H and O–H groups in total. The molecule has 3 nitrogen and oxygen atoms in total. The Hall–Kier alpha value is -1.56. The summed E-state index contributed by atoms with van der Waals surface area (Å²) in [6.07, 6.45) is 12.1. The molecule has 0 amide bonds. The number of ketones is 1. The summed E-state index contributed by atoms with van der Waals surface area (Å²) in [5, 5.41) is 9.20. The maximum atomic E-state index is 12.6. The van der Waals surface area contributed by atoms with Gasteiger partial charge in [0.2, 0.25) is 12.4 Å². The van der Waals surface area contributed by atoms with Gasteiger partial charge < -0.3 is 0 Å². The fourth-order valence-electron chi connectivity index (χ4n) is 5.10. The lowest BCUT2D eigenvalue weighted by Gasteiger charge is -2.57. The summed E-state index contributed by atoms with van der Waals surface area (Å²) < 4.78 is 17.8. The minimum atomic E-state index is -0.646. The zero-order chi connectivity index (χ0) is 17.5. The van der Waals surface area contributed by atoms with Crippen molar-refractivity contribution in [3.8, 4) is 18.4 Å². The van der Waals surface area contributed by atoms with Gasteiger partial charge in [0, 0.05) is 0 Å². The van der Waals surface area contributed by atoms with Gasteiger partial charge in [0.25, 0.3) is 0 Å². The molecule has 0 bridgehead atoms. The minimum Gasteiger partial charge on any atom is -0.288 e.